The zero-order chi connectivity index (χ0) is 14.3. The lowest BCUT2D eigenvalue weighted by Crippen LogP contribution is -2.24. The van der Waals surface area contributed by atoms with Gasteiger partial charge in [-0.15, -0.1) is 0 Å². The van der Waals surface area contributed by atoms with Crippen LogP contribution in [0.2, 0.25) is 0 Å². The molecule has 7 heteroatoms. The quantitative estimate of drug-likeness (QED) is 0.596. The van der Waals surface area contributed by atoms with Gasteiger partial charge in [0.1, 0.15) is 0 Å². The molecule has 0 spiro atoms. The van der Waals surface area contributed by atoms with Crippen molar-refractivity contribution in [2.45, 2.75) is 11.3 Å². The first kappa shape index (κ1) is 14.9. The standard InChI is InChI=1S/C12H12N2O4S/c13-8-1-9-14-19(17,18)11-5-2-10(3-6-11)4-7-12(15)16/h2-7,14H,1,9H2,(H,15,16)/b7-4+. The molecule has 1 aromatic rings. The lowest BCUT2D eigenvalue weighted by Gasteiger charge is -2.05. The molecule has 1 rings (SSSR count). The second-order valence-corrected chi connectivity index (χ2v) is 5.31. The number of hydrogen-bond acceptors (Lipinski definition) is 4. The number of nitriles is 1. The molecule has 0 aliphatic heterocycles. The maximum Gasteiger partial charge on any atom is 0.328 e. The molecule has 0 amide bonds. The molecule has 6 nitrogen and oxygen atoms in total. The lowest BCUT2D eigenvalue weighted by molar-refractivity contribution is -0.131. The molecule has 0 fully saturated rings. The smallest absolute Gasteiger partial charge is 0.328 e. The van der Waals surface area contributed by atoms with Gasteiger partial charge in [0, 0.05) is 19.0 Å². The first-order valence-electron chi connectivity index (χ1n) is 5.33. The van der Waals surface area contributed by atoms with E-state index in [4.69, 9.17) is 10.4 Å². The summed E-state index contributed by atoms with van der Waals surface area (Å²) in [4.78, 5) is 10.4. The van der Waals surface area contributed by atoms with Crippen LogP contribution in [0.5, 0.6) is 0 Å². The highest BCUT2D eigenvalue weighted by molar-refractivity contribution is 7.89. The minimum absolute atomic E-state index is 0.0551. The molecule has 0 bridgehead atoms. The van der Waals surface area contributed by atoms with Gasteiger partial charge in [0.05, 0.1) is 11.0 Å². The molecule has 1 aromatic carbocycles. The monoisotopic (exact) mass is 280 g/mol. The van der Waals surface area contributed by atoms with E-state index in [-0.39, 0.29) is 17.9 Å². The van der Waals surface area contributed by atoms with E-state index >= 15 is 0 Å². The van der Waals surface area contributed by atoms with Crippen LogP contribution in [0, 0.1) is 11.3 Å². The van der Waals surface area contributed by atoms with Crippen LogP contribution in [-0.4, -0.2) is 26.0 Å². The average molecular weight is 280 g/mol. The van der Waals surface area contributed by atoms with E-state index in [0.29, 0.717) is 5.56 Å². The highest BCUT2D eigenvalue weighted by Crippen LogP contribution is 2.11. The Labute approximate surface area is 111 Å². The normalized spacial score (nSPS) is 11.3. The molecule has 0 aliphatic rings. The van der Waals surface area contributed by atoms with Crippen LogP contribution < -0.4 is 4.72 Å². The van der Waals surface area contributed by atoms with Crippen molar-refractivity contribution in [3.63, 3.8) is 0 Å². The minimum atomic E-state index is -3.62. The van der Waals surface area contributed by atoms with Crippen molar-refractivity contribution in [1.82, 2.24) is 4.72 Å². The Morgan fingerprint density at radius 3 is 2.53 bits per heavy atom. The third-order valence-electron chi connectivity index (χ3n) is 2.14. The number of aliphatic carboxylic acids is 1. The second kappa shape index (κ2) is 6.68. The molecule has 0 heterocycles. The topological polar surface area (TPSA) is 107 Å². The summed E-state index contributed by atoms with van der Waals surface area (Å²) in [5.41, 5.74) is 0.582. The van der Waals surface area contributed by atoms with E-state index in [1.54, 1.807) is 0 Å². The summed E-state index contributed by atoms with van der Waals surface area (Å²) >= 11 is 0. The molecule has 0 aliphatic carbocycles. The van der Waals surface area contributed by atoms with Crippen LogP contribution >= 0.6 is 0 Å². The fourth-order valence-corrected chi connectivity index (χ4v) is 2.28. The van der Waals surface area contributed by atoms with Crippen LogP contribution in [-0.2, 0) is 14.8 Å². The molecule has 0 saturated heterocycles. The summed E-state index contributed by atoms with van der Waals surface area (Å²) in [7, 11) is -3.62. The SMILES string of the molecule is N#CCCNS(=O)(=O)c1ccc(/C=C/C(=O)O)cc1. The van der Waals surface area contributed by atoms with Crippen molar-refractivity contribution in [2.75, 3.05) is 6.54 Å². The summed E-state index contributed by atoms with van der Waals surface area (Å²) in [5.74, 6) is -1.07. The molecule has 0 aromatic heterocycles. The third-order valence-corrected chi connectivity index (χ3v) is 3.61. The Morgan fingerprint density at radius 2 is 2.00 bits per heavy atom. The zero-order valence-corrected chi connectivity index (χ0v) is 10.7. The molecule has 100 valence electrons. The molecule has 2 N–H and O–H groups in total. The van der Waals surface area contributed by atoms with Crippen molar-refractivity contribution < 1.29 is 18.3 Å². The Morgan fingerprint density at radius 1 is 1.37 bits per heavy atom. The van der Waals surface area contributed by atoms with Crippen molar-refractivity contribution in [2.24, 2.45) is 0 Å². The van der Waals surface area contributed by atoms with Gasteiger partial charge in [0.2, 0.25) is 10.0 Å². The fourth-order valence-electron chi connectivity index (χ4n) is 1.25. The largest absolute Gasteiger partial charge is 0.478 e. The number of sulfonamides is 1. The van der Waals surface area contributed by atoms with E-state index < -0.39 is 16.0 Å². The lowest BCUT2D eigenvalue weighted by atomic mass is 10.2. The molecule has 0 radical (unpaired) electrons. The van der Waals surface area contributed by atoms with Crippen LogP contribution in [0.1, 0.15) is 12.0 Å². The van der Waals surface area contributed by atoms with Gasteiger partial charge in [-0.05, 0) is 23.8 Å². The van der Waals surface area contributed by atoms with E-state index in [0.717, 1.165) is 6.08 Å². The Hall–Kier alpha value is -2.17. The van der Waals surface area contributed by atoms with E-state index in [9.17, 15) is 13.2 Å². The first-order chi connectivity index (χ1) is 8.95. The fraction of sp³-hybridized carbons (Fsp3) is 0.167. The van der Waals surface area contributed by atoms with Gasteiger partial charge in [0.15, 0.2) is 0 Å². The van der Waals surface area contributed by atoms with Gasteiger partial charge in [-0.25, -0.2) is 17.9 Å². The number of carboxylic acids is 1. The Kier molecular flexibility index (Phi) is 5.23. The van der Waals surface area contributed by atoms with Crippen LogP contribution in [0.25, 0.3) is 6.08 Å². The molecular weight excluding hydrogens is 268 g/mol. The van der Waals surface area contributed by atoms with Crippen LogP contribution in [0.15, 0.2) is 35.2 Å². The predicted molar refractivity (Wildman–Crippen MR) is 68.5 cm³/mol. The van der Waals surface area contributed by atoms with Crippen molar-refractivity contribution in [3.8, 4) is 6.07 Å². The van der Waals surface area contributed by atoms with Crippen LogP contribution in [0.3, 0.4) is 0 Å². The van der Waals surface area contributed by atoms with Gasteiger partial charge in [0.25, 0.3) is 0 Å². The zero-order valence-electron chi connectivity index (χ0n) is 9.91. The highest BCUT2D eigenvalue weighted by Gasteiger charge is 2.12. The number of carboxylic acid groups (broad SMARTS) is 1. The third kappa shape index (κ3) is 4.91. The maximum absolute atomic E-state index is 11.8. The van der Waals surface area contributed by atoms with E-state index in [1.165, 1.54) is 30.3 Å². The molecular formula is C12H12N2O4S. The highest BCUT2D eigenvalue weighted by atomic mass is 32.2. The first-order valence-corrected chi connectivity index (χ1v) is 6.82. The Balaban J connectivity index is 2.81. The van der Waals surface area contributed by atoms with E-state index in [1.807, 2.05) is 6.07 Å². The summed E-state index contributed by atoms with van der Waals surface area (Å²) in [6, 6.07) is 7.58. The second-order valence-electron chi connectivity index (χ2n) is 3.55. The molecule has 0 unspecified atom stereocenters. The number of benzene rings is 1. The molecule has 0 atom stereocenters. The molecule has 0 saturated carbocycles. The number of carbonyl (C=O) groups is 1. The summed E-state index contributed by atoms with van der Waals surface area (Å²) in [6.45, 7) is 0.0551. The maximum atomic E-state index is 11.8. The van der Waals surface area contributed by atoms with E-state index in [2.05, 4.69) is 4.72 Å². The average Bonchev–Trinajstić information content (AvgIpc) is 2.37. The predicted octanol–water partition coefficient (Wildman–Crippen LogP) is 0.976. The molecule has 19 heavy (non-hydrogen) atoms. The van der Waals surface area contributed by atoms with Gasteiger partial charge in [-0.3, -0.25) is 0 Å². The number of nitrogens with zero attached hydrogens (tertiary/aromatic N) is 1. The van der Waals surface area contributed by atoms with Crippen molar-refractivity contribution in [3.05, 3.63) is 35.9 Å². The number of nitrogens with one attached hydrogen (secondary N) is 1. The summed E-state index contributed by atoms with van der Waals surface area (Å²) < 4.78 is 25.8. The minimum Gasteiger partial charge on any atom is -0.478 e. The van der Waals surface area contributed by atoms with Crippen molar-refractivity contribution in [1.29, 1.82) is 5.26 Å². The summed E-state index contributed by atoms with van der Waals surface area (Å²) in [6.07, 6.45) is 2.43. The number of rotatable bonds is 6. The Bertz CT molecular complexity index is 612. The van der Waals surface area contributed by atoms with Gasteiger partial charge < -0.3 is 5.11 Å². The van der Waals surface area contributed by atoms with Crippen molar-refractivity contribution >= 4 is 22.1 Å². The van der Waals surface area contributed by atoms with Gasteiger partial charge >= 0.3 is 5.97 Å². The van der Waals surface area contributed by atoms with Gasteiger partial charge in [-0.2, -0.15) is 5.26 Å². The summed E-state index contributed by atoms with van der Waals surface area (Å²) in [5, 5.41) is 16.8. The van der Waals surface area contributed by atoms with Gasteiger partial charge in [-0.1, -0.05) is 12.1 Å². The van der Waals surface area contributed by atoms with Crippen LogP contribution in [0.4, 0.5) is 0 Å². The number of hydrogen-bond donors (Lipinski definition) is 2.